The van der Waals surface area contributed by atoms with Gasteiger partial charge < -0.3 is 10.4 Å². The minimum absolute atomic E-state index is 0.160. The third-order valence-electron chi connectivity index (χ3n) is 4.99. The lowest BCUT2D eigenvalue weighted by molar-refractivity contribution is -0.112. The monoisotopic (exact) mass is 412 g/mol. The molecule has 0 radical (unpaired) electrons. The number of hydrogen-bond donors (Lipinski definition) is 2. The molecule has 0 bridgehead atoms. The van der Waals surface area contributed by atoms with E-state index in [1.54, 1.807) is 19.1 Å². The maximum atomic E-state index is 12.8. The van der Waals surface area contributed by atoms with Gasteiger partial charge in [-0.3, -0.25) is 4.79 Å². The molecule has 0 fully saturated rings. The minimum atomic E-state index is -1.01. The van der Waals surface area contributed by atoms with Crippen LogP contribution in [0, 0.1) is 13.8 Å². The van der Waals surface area contributed by atoms with Crippen molar-refractivity contribution < 1.29 is 14.7 Å². The molecule has 1 amide bonds. The van der Waals surface area contributed by atoms with Gasteiger partial charge in [-0.15, -0.1) is 0 Å². The van der Waals surface area contributed by atoms with Crippen molar-refractivity contribution in [2.45, 2.75) is 20.8 Å². The van der Waals surface area contributed by atoms with Crippen LogP contribution in [-0.2, 0) is 4.79 Å². The van der Waals surface area contributed by atoms with Crippen LogP contribution in [0.4, 0.5) is 5.69 Å². The van der Waals surface area contributed by atoms with Gasteiger partial charge in [0.2, 0.25) is 0 Å². The average molecular weight is 412 g/mol. The molecule has 1 aliphatic rings. The molecule has 31 heavy (non-hydrogen) atoms. The molecule has 0 unspecified atom stereocenters. The summed E-state index contributed by atoms with van der Waals surface area (Å²) >= 11 is 0. The summed E-state index contributed by atoms with van der Waals surface area (Å²) in [6.07, 6.45) is 7.42. The number of carboxylic acids is 1. The van der Waals surface area contributed by atoms with Crippen LogP contribution in [0.15, 0.2) is 89.5 Å². The normalized spacial score (nSPS) is 15.6. The quantitative estimate of drug-likeness (QED) is 0.637. The van der Waals surface area contributed by atoms with Gasteiger partial charge in [0.25, 0.3) is 5.91 Å². The summed E-state index contributed by atoms with van der Waals surface area (Å²) in [6.45, 7) is 9.92. The number of nitrogens with zero attached hydrogens (tertiary/aromatic N) is 1. The van der Waals surface area contributed by atoms with Crippen molar-refractivity contribution in [3.05, 3.63) is 107 Å². The number of anilines is 1. The highest BCUT2D eigenvalue weighted by molar-refractivity contribution is 6.19. The maximum absolute atomic E-state index is 12.8. The van der Waals surface area contributed by atoms with Crippen LogP contribution in [0.1, 0.15) is 34.0 Å². The van der Waals surface area contributed by atoms with Crippen LogP contribution in [0.2, 0.25) is 0 Å². The molecule has 0 aliphatic heterocycles. The first kappa shape index (κ1) is 21.7. The Kier molecular flexibility index (Phi) is 6.46. The Morgan fingerprint density at radius 1 is 1.00 bits per heavy atom. The standard InChI is InChI=1S/C26H24N2O3/c1-16-9-14-22(17(2)15-16)19(4)27-24-8-6-5-7-23(24)18(3)25(29)28-21-12-10-20(11-13-21)26(30)31/h5-15H,4H2,1-3H3,(H,28,29)(H,30,31)/b23-18+,27-24?. The van der Waals surface area contributed by atoms with Crippen molar-refractivity contribution in [3.8, 4) is 0 Å². The van der Waals surface area contributed by atoms with E-state index in [4.69, 9.17) is 10.1 Å². The SMILES string of the molecule is C=C(N=C1C=CC=C/C1=C(/C)C(=O)Nc1ccc(C(=O)O)cc1)c1ccc(C)cc1C. The highest BCUT2D eigenvalue weighted by Gasteiger charge is 2.15. The van der Waals surface area contributed by atoms with Crippen LogP contribution in [0.5, 0.6) is 0 Å². The molecule has 0 aromatic heterocycles. The third-order valence-corrected chi connectivity index (χ3v) is 4.99. The van der Waals surface area contributed by atoms with Crippen molar-refractivity contribution in [1.82, 2.24) is 0 Å². The molecule has 5 heteroatoms. The van der Waals surface area contributed by atoms with Gasteiger partial charge in [-0.2, -0.15) is 0 Å². The Balaban J connectivity index is 1.87. The second-order valence-electron chi connectivity index (χ2n) is 7.36. The zero-order valence-electron chi connectivity index (χ0n) is 17.8. The molecule has 2 aromatic carbocycles. The van der Waals surface area contributed by atoms with E-state index >= 15 is 0 Å². The lowest BCUT2D eigenvalue weighted by atomic mass is 9.98. The smallest absolute Gasteiger partial charge is 0.335 e. The van der Waals surface area contributed by atoms with Gasteiger partial charge in [0.05, 0.1) is 17.0 Å². The van der Waals surface area contributed by atoms with Gasteiger partial charge in [-0.25, -0.2) is 9.79 Å². The van der Waals surface area contributed by atoms with Crippen molar-refractivity contribution in [2.75, 3.05) is 5.32 Å². The second-order valence-corrected chi connectivity index (χ2v) is 7.36. The number of aryl methyl sites for hydroxylation is 2. The number of carbonyl (C=O) groups excluding carboxylic acids is 1. The maximum Gasteiger partial charge on any atom is 0.335 e. The Morgan fingerprint density at radius 3 is 2.32 bits per heavy atom. The summed E-state index contributed by atoms with van der Waals surface area (Å²) in [5, 5.41) is 11.8. The van der Waals surface area contributed by atoms with Crippen LogP contribution in [0.3, 0.4) is 0 Å². The van der Waals surface area contributed by atoms with E-state index in [0.29, 0.717) is 28.2 Å². The Morgan fingerprint density at radius 2 is 1.68 bits per heavy atom. The number of benzene rings is 2. The molecule has 1 aliphatic carbocycles. The largest absolute Gasteiger partial charge is 0.478 e. The van der Waals surface area contributed by atoms with E-state index in [9.17, 15) is 9.59 Å². The van der Waals surface area contributed by atoms with Crippen LogP contribution >= 0.6 is 0 Å². The number of hydrogen-bond acceptors (Lipinski definition) is 3. The van der Waals surface area contributed by atoms with E-state index in [1.165, 1.54) is 17.7 Å². The van der Waals surface area contributed by atoms with Gasteiger partial charge in [0.1, 0.15) is 0 Å². The van der Waals surface area contributed by atoms with Crippen molar-refractivity contribution in [2.24, 2.45) is 4.99 Å². The molecular weight excluding hydrogens is 388 g/mol. The molecule has 0 heterocycles. The molecule has 3 rings (SSSR count). The number of carboxylic acid groups (broad SMARTS) is 1. The lowest BCUT2D eigenvalue weighted by Gasteiger charge is -2.14. The Labute approximate surface area is 181 Å². The van der Waals surface area contributed by atoms with E-state index in [1.807, 2.05) is 50.3 Å². The fraction of sp³-hybridized carbons (Fsp3) is 0.115. The third kappa shape index (κ3) is 5.14. The number of carbonyl (C=O) groups is 2. The molecule has 2 aromatic rings. The summed E-state index contributed by atoms with van der Waals surface area (Å²) in [5.74, 6) is -1.30. The fourth-order valence-corrected chi connectivity index (χ4v) is 3.27. The van der Waals surface area contributed by atoms with Gasteiger partial charge in [-0.1, -0.05) is 48.6 Å². The fourth-order valence-electron chi connectivity index (χ4n) is 3.27. The highest BCUT2D eigenvalue weighted by atomic mass is 16.4. The lowest BCUT2D eigenvalue weighted by Crippen LogP contribution is -2.17. The number of aliphatic imine (C=N–C) groups is 1. The molecule has 0 saturated heterocycles. The van der Waals surface area contributed by atoms with Gasteiger partial charge >= 0.3 is 5.97 Å². The summed E-state index contributed by atoms with van der Waals surface area (Å²) in [6, 6.07) is 12.1. The zero-order chi connectivity index (χ0) is 22.5. The number of aromatic carboxylic acids is 1. The van der Waals surface area contributed by atoms with E-state index < -0.39 is 5.97 Å². The van der Waals surface area contributed by atoms with Crippen molar-refractivity contribution in [3.63, 3.8) is 0 Å². The molecule has 156 valence electrons. The number of rotatable bonds is 5. The summed E-state index contributed by atoms with van der Waals surface area (Å²) in [5.41, 5.74) is 6.38. The van der Waals surface area contributed by atoms with Crippen molar-refractivity contribution >= 4 is 29.0 Å². The van der Waals surface area contributed by atoms with Gasteiger partial charge in [0, 0.05) is 22.4 Å². The van der Waals surface area contributed by atoms with Crippen LogP contribution in [0.25, 0.3) is 5.70 Å². The Bertz CT molecular complexity index is 1180. The number of nitrogens with one attached hydrogen (secondary N) is 1. The molecular formula is C26H24N2O3. The number of amides is 1. The first-order valence-corrected chi connectivity index (χ1v) is 9.82. The number of allylic oxidation sites excluding steroid dienone is 5. The van der Waals surface area contributed by atoms with Crippen LogP contribution in [-0.4, -0.2) is 22.7 Å². The van der Waals surface area contributed by atoms with E-state index in [-0.39, 0.29) is 11.5 Å². The molecule has 2 N–H and O–H groups in total. The van der Waals surface area contributed by atoms with Crippen LogP contribution < -0.4 is 5.32 Å². The zero-order valence-corrected chi connectivity index (χ0v) is 17.8. The molecule has 0 spiro atoms. The molecule has 0 atom stereocenters. The predicted octanol–water partition coefficient (Wildman–Crippen LogP) is 5.49. The second kappa shape index (κ2) is 9.22. The van der Waals surface area contributed by atoms with E-state index in [0.717, 1.165) is 11.1 Å². The van der Waals surface area contributed by atoms with Gasteiger partial charge in [0.15, 0.2) is 0 Å². The molecule has 5 nitrogen and oxygen atoms in total. The summed E-state index contributed by atoms with van der Waals surface area (Å²) in [4.78, 5) is 28.5. The first-order chi connectivity index (χ1) is 14.8. The van der Waals surface area contributed by atoms with Gasteiger partial charge in [-0.05, 0) is 56.7 Å². The summed E-state index contributed by atoms with van der Waals surface area (Å²) < 4.78 is 0. The molecule has 0 saturated carbocycles. The topological polar surface area (TPSA) is 78.8 Å². The van der Waals surface area contributed by atoms with Crippen molar-refractivity contribution in [1.29, 1.82) is 0 Å². The summed E-state index contributed by atoms with van der Waals surface area (Å²) in [7, 11) is 0. The Hall–Kier alpha value is -3.99. The average Bonchev–Trinajstić information content (AvgIpc) is 2.73. The van der Waals surface area contributed by atoms with E-state index in [2.05, 4.69) is 18.0 Å². The minimum Gasteiger partial charge on any atom is -0.478 e. The predicted molar refractivity (Wildman–Crippen MR) is 125 cm³/mol. The highest BCUT2D eigenvalue weighted by Crippen LogP contribution is 2.23. The first-order valence-electron chi connectivity index (χ1n) is 9.82.